The maximum absolute atomic E-state index is 14.2. The van der Waals surface area contributed by atoms with Gasteiger partial charge in [0, 0.05) is 5.56 Å². The number of carbonyl (C=O) groups is 1. The number of esters is 1. The van der Waals surface area contributed by atoms with Crippen LogP contribution in [0.15, 0.2) is 88.7 Å². The Morgan fingerprint density at radius 1 is 1.05 bits per heavy atom. The molecule has 0 radical (unpaired) electrons. The van der Waals surface area contributed by atoms with Gasteiger partial charge < -0.3 is 18.9 Å². The molecule has 44 heavy (non-hydrogen) atoms. The van der Waals surface area contributed by atoms with Crippen LogP contribution in [0, 0.1) is 7.14 Å². The van der Waals surface area contributed by atoms with Crippen molar-refractivity contribution in [2.75, 3.05) is 27.4 Å². The van der Waals surface area contributed by atoms with E-state index in [2.05, 4.69) is 51.8 Å². The summed E-state index contributed by atoms with van der Waals surface area (Å²) in [4.78, 5) is 33.3. The molecule has 3 aromatic carbocycles. The first kappa shape index (κ1) is 32.0. The first-order valence-corrected chi connectivity index (χ1v) is 16.5. The molecule has 11 heteroatoms. The first-order chi connectivity index (χ1) is 21.3. The number of hydrogen-bond acceptors (Lipinski definition) is 8. The molecular formula is C33H28I2N2O6S. The molecule has 226 valence electrons. The van der Waals surface area contributed by atoms with Crippen molar-refractivity contribution in [3.05, 3.63) is 122 Å². The lowest BCUT2D eigenvalue weighted by Crippen LogP contribution is -2.40. The van der Waals surface area contributed by atoms with Gasteiger partial charge in [-0.15, -0.1) is 0 Å². The lowest BCUT2D eigenvalue weighted by molar-refractivity contribution is -0.138. The van der Waals surface area contributed by atoms with Gasteiger partial charge in [0.25, 0.3) is 5.56 Å². The topological polar surface area (TPSA) is 88.3 Å². The van der Waals surface area contributed by atoms with E-state index in [1.807, 2.05) is 54.6 Å². The van der Waals surface area contributed by atoms with Gasteiger partial charge in [0.15, 0.2) is 16.3 Å². The summed E-state index contributed by atoms with van der Waals surface area (Å²) in [6.45, 7) is 6.03. The minimum atomic E-state index is -0.836. The Bertz CT molecular complexity index is 1930. The average Bonchev–Trinajstić information content (AvgIpc) is 3.34. The van der Waals surface area contributed by atoms with Crippen LogP contribution in [0.25, 0.3) is 11.8 Å². The van der Waals surface area contributed by atoms with E-state index in [9.17, 15) is 9.59 Å². The monoisotopic (exact) mass is 834 g/mol. The fourth-order valence-electron chi connectivity index (χ4n) is 4.87. The van der Waals surface area contributed by atoms with E-state index in [0.29, 0.717) is 38.7 Å². The Labute approximate surface area is 285 Å². The van der Waals surface area contributed by atoms with Crippen LogP contribution in [0.4, 0.5) is 0 Å². The fraction of sp³-hybridized carbons (Fsp3) is 0.182. The molecule has 0 N–H and O–H groups in total. The van der Waals surface area contributed by atoms with Gasteiger partial charge >= 0.3 is 5.97 Å². The predicted octanol–water partition coefficient (Wildman–Crippen LogP) is 5.73. The van der Waals surface area contributed by atoms with Crippen molar-refractivity contribution in [2.24, 2.45) is 4.99 Å². The van der Waals surface area contributed by atoms with Crippen molar-refractivity contribution < 1.29 is 23.7 Å². The van der Waals surface area contributed by atoms with E-state index in [-0.39, 0.29) is 17.7 Å². The number of ether oxygens (including phenoxy) is 4. The van der Waals surface area contributed by atoms with Gasteiger partial charge in [-0.1, -0.05) is 60.4 Å². The lowest BCUT2D eigenvalue weighted by Gasteiger charge is -2.26. The van der Waals surface area contributed by atoms with Crippen molar-refractivity contribution >= 4 is 74.3 Å². The molecule has 0 aliphatic carbocycles. The zero-order valence-electron chi connectivity index (χ0n) is 24.1. The number of aromatic nitrogens is 1. The summed E-state index contributed by atoms with van der Waals surface area (Å²) < 4.78 is 26.3. The maximum atomic E-state index is 14.2. The van der Waals surface area contributed by atoms with E-state index in [1.54, 1.807) is 43.9 Å². The van der Waals surface area contributed by atoms with Crippen LogP contribution in [-0.2, 0) is 9.53 Å². The van der Waals surface area contributed by atoms with Gasteiger partial charge in [0.1, 0.15) is 12.4 Å². The number of benzene rings is 3. The highest BCUT2D eigenvalue weighted by atomic mass is 127. The predicted molar refractivity (Wildman–Crippen MR) is 188 cm³/mol. The smallest absolute Gasteiger partial charge is 0.338 e. The van der Waals surface area contributed by atoms with Gasteiger partial charge in [-0.05, 0) is 93.6 Å². The highest BCUT2D eigenvalue weighted by Crippen LogP contribution is 2.38. The molecule has 0 spiro atoms. The second kappa shape index (κ2) is 14.1. The molecule has 2 heterocycles. The molecule has 1 atom stereocenters. The average molecular weight is 834 g/mol. The molecule has 1 aliphatic rings. The standard InChI is InChI=1S/C33H28I2N2O6S/c1-5-14-43-30-22(34)15-19(16-23(30)35)17-26-31(38)37-29(21-12-13-24(40-3)25(18-21)41-4)27(32(39)42-6-2)28(36-33(37)44-26)20-10-8-7-9-11-20/h5,7-13,15-18,29H,1,6,14H2,2-4H3/b26-17-/t29-/m1/s1. The molecule has 0 fully saturated rings. The SMILES string of the molecule is C=CCOc1c(I)cc(/C=c2\sc3n(c2=O)[C@H](c2ccc(OC)c(OC)c2)C(C(=O)OCC)=C(c2ccccc2)N=3)cc1I. The first-order valence-electron chi connectivity index (χ1n) is 13.5. The lowest BCUT2D eigenvalue weighted by atomic mass is 9.93. The van der Waals surface area contributed by atoms with Gasteiger partial charge in [-0.2, -0.15) is 0 Å². The third-order valence-electron chi connectivity index (χ3n) is 6.76. The summed E-state index contributed by atoms with van der Waals surface area (Å²) in [7, 11) is 3.10. The number of halogens is 2. The number of methoxy groups -OCH3 is 2. The summed E-state index contributed by atoms with van der Waals surface area (Å²) in [5.41, 5.74) is 2.65. The van der Waals surface area contributed by atoms with Crippen molar-refractivity contribution in [1.82, 2.24) is 4.57 Å². The van der Waals surface area contributed by atoms with Crippen LogP contribution in [0.5, 0.6) is 17.2 Å². The summed E-state index contributed by atoms with van der Waals surface area (Å²) >= 11 is 5.72. The molecule has 0 bridgehead atoms. The molecule has 4 aromatic rings. The Kier molecular flexibility index (Phi) is 10.3. The van der Waals surface area contributed by atoms with Gasteiger partial charge in [-0.25, -0.2) is 9.79 Å². The quantitative estimate of drug-likeness (QED) is 0.115. The van der Waals surface area contributed by atoms with Gasteiger partial charge in [-0.3, -0.25) is 9.36 Å². The molecule has 0 saturated carbocycles. The number of hydrogen-bond donors (Lipinski definition) is 0. The van der Waals surface area contributed by atoms with E-state index >= 15 is 0 Å². The van der Waals surface area contributed by atoms with E-state index < -0.39 is 12.0 Å². The summed E-state index contributed by atoms with van der Waals surface area (Å²) in [5.74, 6) is 1.21. The number of thiazole rings is 1. The third kappa shape index (κ3) is 6.35. The molecule has 8 nitrogen and oxygen atoms in total. The number of rotatable bonds is 10. The molecule has 1 aromatic heterocycles. The maximum Gasteiger partial charge on any atom is 0.338 e. The van der Waals surface area contributed by atoms with Crippen LogP contribution >= 0.6 is 56.5 Å². The van der Waals surface area contributed by atoms with Crippen LogP contribution < -0.4 is 29.1 Å². The van der Waals surface area contributed by atoms with E-state index in [4.69, 9.17) is 23.9 Å². The highest BCUT2D eigenvalue weighted by molar-refractivity contribution is 14.1. The highest BCUT2D eigenvalue weighted by Gasteiger charge is 2.35. The fourth-order valence-corrected chi connectivity index (χ4v) is 8.00. The van der Waals surface area contributed by atoms with Crippen molar-refractivity contribution in [2.45, 2.75) is 13.0 Å². The molecule has 0 saturated heterocycles. The Hall–Kier alpha value is -3.43. The molecule has 1 aliphatic heterocycles. The van der Waals surface area contributed by atoms with Crippen LogP contribution in [0.2, 0.25) is 0 Å². The summed E-state index contributed by atoms with van der Waals surface area (Å²) in [6, 6.07) is 17.9. The molecule has 0 unspecified atom stereocenters. The van der Waals surface area contributed by atoms with Crippen LogP contribution in [0.3, 0.4) is 0 Å². The molecular weight excluding hydrogens is 806 g/mol. The normalized spacial score (nSPS) is 14.5. The second-order valence-corrected chi connectivity index (χ2v) is 12.8. The van der Waals surface area contributed by atoms with Gasteiger partial charge in [0.05, 0.1) is 49.8 Å². The zero-order valence-corrected chi connectivity index (χ0v) is 29.3. The van der Waals surface area contributed by atoms with E-state index in [1.165, 1.54) is 11.3 Å². The summed E-state index contributed by atoms with van der Waals surface area (Å²) in [5, 5.41) is 0. The molecule has 5 rings (SSSR count). The van der Waals surface area contributed by atoms with Crippen LogP contribution in [-0.4, -0.2) is 38.0 Å². The second-order valence-electron chi connectivity index (χ2n) is 9.46. The molecule has 0 amide bonds. The van der Waals surface area contributed by atoms with Crippen molar-refractivity contribution in [3.63, 3.8) is 0 Å². The Balaban J connectivity index is 1.79. The number of fused-ring (bicyclic) bond motifs is 1. The Morgan fingerprint density at radius 2 is 1.75 bits per heavy atom. The van der Waals surface area contributed by atoms with E-state index in [0.717, 1.165) is 24.0 Å². The largest absolute Gasteiger partial charge is 0.493 e. The van der Waals surface area contributed by atoms with Crippen molar-refractivity contribution in [3.8, 4) is 17.2 Å². The minimum Gasteiger partial charge on any atom is -0.493 e. The zero-order chi connectivity index (χ0) is 31.4. The number of nitrogens with zero attached hydrogens (tertiary/aromatic N) is 2. The number of carbonyl (C=O) groups excluding carboxylic acids is 1. The Morgan fingerprint density at radius 3 is 2.39 bits per heavy atom. The summed E-state index contributed by atoms with van der Waals surface area (Å²) in [6.07, 6.45) is 3.54. The minimum absolute atomic E-state index is 0.164. The van der Waals surface area contributed by atoms with Crippen LogP contribution in [0.1, 0.15) is 29.7 Å². The van der Waals surface area contributed by atoms with Crippen molar-refractivity contribution in [1.29, 1.82) is 0 Å². The third-order valence-corrected chi connectivity index (χ3v) is 9.35. The van der Waals surface area contributed by atoms with Gasteiger partial charge in [0.2, 0.25) is 0 Å².